The smallest absolute Gasteiger partial charge is 0.416 e. The van der Waals surface area contributed by atoms with Crippen molar-refractivity contribution in [1.29, 1.82) is 0 Å². The lowest BCUT2D eigenvalue weighted by Crippen LogP contribution is -2.26. The Bertz CT molecular complexity index is 849. The number of rotatable bonds is 4. The second-order valence-corrected chi connectivity index (χ2v) is 7.17. The van der Waals surface area contributed by atoms with Gasteiger partial charge in [0.1, 0.15) is 11.6 Å². The van der Waals surface area contributed by atoms with Gasteiger partial charge in [0.15, 0.2) is 0 Å². The van der Waals surface area contributed by atoms with E-state index in [2.05, 4.69) is 4.98 Å². The minimum atomic E-state index is -4.40. The number of allylic oxidation sites excluding steroid dienone is 1. The molecule has 1 aromatic carbocycles. The van der Waals surface area contributed by atoms with Gasteiger partial charge in [0.05, 0.1) is 5.56 Å². The highest BCUT2D eigenvalue weighted by Gasteiger charge is 2.33. The summed E-state index contributed by atoms with van der Waals surface area (Å²) in [5.41, 5.74) is 1.64. The Balaban J connectivity index is 1.97. The molecule has 3 nitrogen and oxygen atoms in total. The van der Waals surface area contributed by atoms with Crippen LogP contribution in [0.15, 0.2) is 42.1 Å². The molecule has 1 aliphatic carbocycles. The maximum Gasteiger partial charge on any atom is 0.416 e. The highest BCUT2D eigenvalue weighted by atomic mass is 19.4. The summed E-state index contributed by atoms with van der Waals surface area (Å²) < 4.78 is 39.9. The van der Waals surface area contributed by atoms with Crippen LogP contribution < -0.4 is 4.90 Å². The van der Waals surface area contributed by atoms with Gasteiger partial charge < -0.3 is 10.0 Å². The number of hydrogen-bond donors (Lipinski definition) is 1. The van der Waals surface area contributed by atoms with E-state index in [4.69, 9.17) is 0 Å². The minimum Gasteiger partial charge on any atom is -0.507 e. The number of aliphatic hydroxyl groups excluding tert-OH is 1. The molecular weight excluding hydrogens is 353 g/mol. The van der Waals surface area contributed by atoms with Gasteiger partial charge in [-0.05, 0) is 75.4 Å². The van der Waals surface area contributed by atoms with Crippen LogP contribution >= 0.6 is 0 Å². The first-order chi connectivity index (χ1) is 12.7. The van der Waals surface area contributed by atoms with Crippen LogP contribution in [0, 0.1) is 6.92 Å². The molecule has 0 spiro atoms. The summed E-state index contributed by atoms with van der Waals surface area (Å²) in [6.07, 6.45) is 0.0522. The summed E-state index contributed by atoms with van der Waals surface area (Å²) >= 11 is 0. The number of aromatic nitrogens is 1. The normalized spacial score (nSPS) is 14.3. The lowest BCUT2D eigenvalue weighted by atomic mass is 9.90. The molecule has 0 unspecified atom stereocenters. The second kappa shape index (κ2) is 7.25. The predicted molar refractivity (Wildman–Crippen MR) is 101 cm³/mol. The zero-order valence-corrected chi connectivity index (χ0v) is 15.6. The average molecular weight is 376 g/mol. The SMILES string of the molecule is Cc1ccc(N(c2ccc(C(O)=C3CCC3)cn2)C(C)C)cc1C(F)(F)F. The van der Waals surface area contributed by atoms with Crippen molar-refractivity contribution in [3.8, 4) is 0 Å². The number of aliphatic hydroxyl groups is 1. The first kappa shape index (κ1) is 19.3. The standard InChI is InChI=1S/C21H23F3N2O/c1-13(2)26(17-9-7-14(3)18(11-17)21(22,23)24)19-10-8-16(12-25-19)20(27)15-5-4-6-15/h7-13,27H,4-6H2,1-3H3. The van der Waals surface area contributed by atoms with Crippen molar-refractivity contribution in [3.05, 3.63) is 58.8 Å². The Morgan fingerprint density at radius 2 is 1.85 bits per heavy atom. The van der Waals surface area contributed by atoms with Crippen LogP contribution in [0.4, 0.5) is 24.7 Å². The average Bonchev–Trinajstić information content (AvgIpc) is 2.54. The van der Waals surface area contributed by atoms with Gasteiger partial charge in [0.2, 0.25) is 0 Å². The minimum absolute atomic E-state index is 0.0919. The van der Waals surface area contributed by atoms with Crippen LogP contribution in [0.2, 0.25) is 0 Å². The van der Waals surface area contributed by atoms with Crippen molar-refractivity contribution in [3.63, 3.8) is 0 Å². The van der Waals surface area contributed by atoms with Crippen LogP contribution in [0.5, 0.6) is 0 Å². The maximum atomic E-state index is 13.3. The molecule has 1 N–H and O–H groups in total. The third kappa shape index (κ3) is 3.94. The highest BCUT2D eigenvalue weighted by Crippen LogP contribution is 2.37. The van der Waals surface area contributed by atoms with Gasteiger partial charge in [-0.25, -0.2) is 4.98 Å². The highest BCUT2D eigenvalue weighted by molar-refractivity contribution is 5.66. The van der Waals surface area contributed by atoms with E-state index in [1.807, 2.05) is 13.8 Å². The largest absolute Gasteiger partial charge is 0.507 e. The van der Waals surface area contributed by atoms with Gasteiger partial charge in [-0.2, -0.15) is 13.2 Å². The van der Waals surface area contributed by atoms with Crippen LogP contribution in [0.25, 0.3) is 5.76 Å². The molecule has 1 saturated carbocycles. The van der Waals surface area contributed by atoms with Crippen LogP contribution in [0.3, 0.4) is 0 Å². The zero-order valence-electron chi connectivity index (χ0n) is 15.6. The number of alkyl halides is 3. The van der Waals surface area contributed by atoms with E-state index in [1.54, 1.807) is 29.3 Å². The van der Waals surface area contributed by atoms with Crippen LogP contribution in [0.1, 0.15) is 49.8 Å². The zero-order chi connectivity index (χ0) is 19.8. The van der Waals surface area contributed by atoms with Gasteiger partial charge in [0, 0.05) is 23.5 Å². The molecule has 0 saturated heterocycles. The molecule has 0 atom stereocenters. The summed E-state index contributed by atoms with van der Waals surface area (Å²) in [6, 6.07) is 7.72. The number of halogens is 3. The summed E-state index contributed by atoms with van der Waals surface area (Å²) in [5, 5.41) is 10.3. The molecule has 6 heteroatoms. The molecule has 27 heavy (non-hydrogen) atoms. The second-order valence-electron chi connectivity index (χ2n) is 7.17. The monoisotopic (exact) mass is 376 g/mol. The van der Waals surface area contributed by atoms with Crippen molar-refractivity contribution in [1.82, 2.24) is 4.98 Å². The Hall–Kier alpha value is -2.50. The van der Waals surface area contributed by atoms with Gasteiger partial charge in [-0.15, -0.1) is 0 Å². The molecule has 1 aromatic heterocycles. The quantitative estimate of drug-likeness (QED) is 0.627. The Morgan fingerprint density at radius 3 is 2.33 bits per heavy atom. The lowest BCUT2D eigenvalue weighted by Gasteiger charge is -2.29. The fraction of sp³-hybridized carbons (Fsp3) is 0.381. The van der Waals surface area contributed by atoms with Crippen molar-refractivity contribution in [2.45, 2.75) is 52.3 Å². The molecule has 0 bridgehead atoms. The number of nitrogens with zero attached hydrogens (tertiary/aromatic N) is 2. The fourth-order valence-corrected chi connectivity index (χ4v) is 3.22. The first-order valence-corrected chi connectivity index (χ1v) is 9.03. The number of hydrogen-bond acceptors (Lipinski definition) is 3. The number of anilines is 2. The molecular formula is C21H23F3N2O. The molecule has 1 aliphatic rings. The van der Waals surface area contributed by atoms with E-state index in [0.29, 0.717) is 17.1 Å². The summed E-state index contributed by atoms with van der Waals surface area (Å²) in [7, 11) is 0. The molecule has 2 aromatic rings. The van der Waals surface area contributed by atoms with Gasteiger partial charge >= 0.3 is 6.18 Å². The van der Waals surface area contributed by atoms with E-state index in [1.165, 1.54) is 19.1 Å². The van der Waals surface area contributed by atoms with Gasteiger partial charge in [0.25, 0.3) is 0 Å². The van der Waals surface area contributed by atoms with Gasteiger partial charge in [-0.1, -0.05) is 6.07 Å². The number of aryl methyl sites for hydroxylation is 1. The molecule has 1 fully saturated rings. The topological polar surface area (TPSA) is 36.4 Å². The first-order valence-electron chi connectivity index (χ1n) is 9.03. The van der Waals surface area contributed by atoms with Crippen LogP contribution in [-0.2, 0) is 6.18 Å². The number of benzene rings is 1. The molecule has 3 rings (SSSR count). The van der Waals surface area contributed by atoms with Gasteiger partial charge in [-0.3, -0.25) is 0 Å². The van der Waals surface area contributed by atoms with Crippen LogP contribution in [-0.4, -0.2) is 16.1 Å². The Morgan fingerprint density at radius 1 is 1.15 bits per heavy atom. The van der Waals surface area contributed by atoms with Crippen molar-refractivity contribution in [2.75, 3.05) is 4.90 Å². The fourth-order valence-electron chi connectivity index (χ4n) is 3.22. The van der Waals surface area contributed by atoms with Crippen molar-refractivity contribution >= 4 is 17.3 Å². The van der Waals surface area contributed by atoms with Crippen molar-refractivity contribution in [2.24, 2.45) is 0 Å². The van der Waals surface area contributed by atoms with E-state index < -0.39 is 11.7 Å². The Kier molecular flexibility index (Phi) is 5.18. The van der Waals surface area contributed by atoms with Crippen molar-refractivity contribution < 1.29 is 18.3 Å². The summed E-state index contributed by atoms with van der Waals surface area (Å²) in [6.45, 7) is 5.25. The van der Waals surface area contributed by atoms with E-state index in [9.17, 15) is 18.3 Å². The molecule has 0 aliphatic heterocycles. The number of pyridine rings is 1. The van der Waals surface area contributed by atoms with E-state index in [0.717, 1.165) is 24.8 Å². The third-order valence-electron chi connectivity index (χ3n) is 4.88. The lowest BCUT2D eigenvalue weighted by molar-refractivity contribution is -0.138. The van der Waals surface area contributed by atoms with E-state index in [-0.39, 0.29) is 17.4 Å². The molecule has 144 valence electrons. The van der Waals surface area contributed by atoms with E-state index >= 15 is 0 Å². The summed E-state index contributed by atoms with van der Waals surface area (Å²) in [4.78, 5) is 6.16. The third-order valence-corrected chi connectivity index (χ3v) is 4.88. The molecule has 0 amide bonds. The maximum absolute atomic E-state index is 13.3. The molecule has 1 heterocycles. The summed E-state index contributed by atoms with van der Waals surface area (Å²) in [5.74, 6) is 0.809. The Labute approximate surface area is 157 Å². The predicted octanol–water partition coefficient (Wildman–Crippen LogP) is 6.41. The molecule has 0 radical (unpaired) electrons.